The first-order valence-corrected chi connectivity index (χ1v) is 10.8. The van der Waals surface area contributed by atoms with E-state index in [2.05, 4.69) is 20.2 Å². The lowest BCUT2D eigenvalue weighted by molar-refractivity contribution is 0.102. The summed E-state index contributed by atoms with van der Waals surface area (Å²) >= 11 is 1.32. The van der Waals surface area contributed by atoms with Crippen molar-refractivity contribution in [3.05, 3.63) is 76.1 Å². The highest BCUT2D eigenvalue weighted by Gasteiger charge is 2.11. The third-order valence-electron chi connectivity index (χ3n) is 3.64. The van der Waals surface area contributed by atoms with Crippen LogP contribution >= 0.6 is 11.3 Å². The van der Waals surface area contributed by atoms with E-state index >= 15 is 0 Å². The maximum absolute atomic E-state index is 12.2. The van der Waals surface area contributed by atoms with E-state index in [0.29, 0.717) is 16.4 Å². The summed E-state index contributed by atoms with van der Waals surface area (Å²) in [6, 6.07) is 15.3. The Labute approximate surface area is 167 Å². The lowest BCUT2D eigenvalue weighted by Gasteiger charge is -2.06. The molecule has 9 heteroatoms. The first-order chi connectivity index (χ1) is 13.4. The highest BCUT2D eigenvalue weighted by molar-refractivity contribution is 7.95. The largest absolute Gasteiger partial charge is 0.296 e. The fourth-order valence-corrected chi connectivity index (χ4v) is 3.78. The number of nitrogens with one attached hydrogen (secondary N) is 2. The van der Waals surface area contributed by atoms with Crippen LogP contribution in [0.3, 0.4) is 0 Å². The SMILES string of the molecule is CCc1nnc(NC(=O)c2ccc(NS(=O)(=O)/C=C/c3ccccc3)cc2)s1. The van der Waals surface area contributed by atoms with Gasteiger partial charge in [0.05, 0.1) is 5.41 Å². The number of aromatic nitrogens is 2. The number of hydrogen-bond donors (Lipinski definition) is 2. The number of benzene rings is 2. The monoisotopic (exact) mass is 414 g/mol. The zero-order valence-corrected chi connectivity index (χ0v) is 16.6. The normalized spacial score (nSPS) is 11.5. The molecule has 1 heterocycles. The molecule has 3 rings (SSSR count). The molecule has 2 aromatic carbocycles. The fraction of sp³-hybridized carbons (Fsp3) is 0.105. The number of rotatable bonds is 7. The van der Waals surface area contributed by atoms with Gasteiger partial charge in [0.25, 0.3) is 15.9 Å². The van der Waals surface area contributed by atoms with Gasteiger partial charge < -0.3 is 0 Å². The molecule has 28 heavy (non-hydrogen) atoms. The van der Waals surface area contributed by atoms with Crippen LogP contribution < -0.4 is 10.0 Å². The Hall–Kier alpha value is -3.04. The molecule has 0 atom stereocenters. The lowest BCUT2D eigenvalue weighted by atomic mass is 10.2. The molecule has 7 nitrogen and oxygen atoms in total. The first kappa shape index (κ1) is 19.7. The van der Waals surface area contributed by atoms with E-state index in [1.807, 2.05) is 25.1 Å². The molecule has 0 spiro atoms. The Bertz CT molecular complexity index is 1080. The number of carbonyl (C=O) groups excluding carboxylic acids is 1. The summed E-state index contributed by atoms with van der Waals surface area (Å²) in [7, 11) is -3.66. The van der Waals surface area contributed by atoms with E-state index in [9.17, 15) is 13.2 Å². The van der Waals surface area contributed by atoms with Crippen molar-refractivity contribution >= 4 is 44.2 Å². The molecule has 3 aromatic rings. The second-order valence-electron chi connectivity index (χ2n) is 5.75. The number of anilines is 2. The summed E-state index contributed by atoms with van der Waals surface area (Å²) in [6.45, 7) is 1.96. The topological polar surface area (TPSA) is 101 Å². The second-order valence-corrected chi connectivity index (χ2v) is 8.37. The summed E-state index contributed by atoms with van der Waals surface area (Å²) in [5.74, 6) is -0.336. The Morgan fingerprint density at radius 3 is 2.43 bits per heavy atom. The van der Waals surface area contributed by atoms with E-state index in [4.69, 9.17) is 0 Å². The van der Waals surface area contributed by atoms with Crippen molar-refractivity contribution in [2.24, 2.45) is 0 Å². The van der Waals surface area contributed by atoms with Crippen molar-refractivity contribution in [2.45, 2.75) is 13.3 Å². The summed E-state index contributed by atoms with van der Waals surface area (Å²) in [6.07, 6.45) is 2.26. The molecule has 0 saturated carbocycles. The predicted molar refractivity (Wildman–Crippen MR) is 112 cm³/mol. The molecular weight excluding hydrogens is 396 g/mol. The summed E-state index contributed by atoms with van der Waals surface area (Å²) < 4.78 is 26.8. The Morgan fingerprint density at radius 1 is 1.07 bits per heavy atom. The number of nitrogens with zero attached hydrogens (tertiary/aromatic N) is 2. The highest BCUT2D eigenvalue weighted by Crippen LogP contribution is 2.18. The van der Waals surface area contributed by atoms with Crippen LogP contribution in [0.1, 0.15) is 27.9 Å². The molecule has 0 bridgehead atoms. The molecule has 0 fully saturated rings. The van der Waals surface area contributed by atoms with Gasteiger partial charge in [-0.25, -0.2) is 8.42 Å². The molecule has 0 aliphatic heterocycles. The summed E-state index contributed by atoms with van der Waals surface area (Å²) in [5, 5.41) is 12.9. The number of hydrogen-bond acceptors (Lipinski definition) is 6. The van der Waals surface area contributed by atoms with Gasteiger partial charge in [0.15, 0.2) is 0 Å². The molecule has 0 aliphatic rings. The molecule has 1 amide bonds. The number of amides is 1. The average Bonchev–Trinajstić information content (AvgIpc) is 3.15. The van der Waals surface area contributed by atoms with Crippen LogP contribution in [0, 0.1) is 0 Å². The molecule has 144 valence electrons. The Morgan fingerprint density at radius 2 is 1.79 bits per heavy atom. The molecule has 0 radical (unpaired) electrons. The van der Waals surface area contributed by atoms with Gasteiger partial charge in [-0.3, -0.25) is 14.8 Å². The zero-order valence-electron chi connectivity index (χ0n) is 15.0. The van der Waals surface area contributed by atoms with Gasteiger partial charge in [0.2, 0.25) is 5.13 Å². The van der Waals surface area contributed by atoms with Gasteiger partial charge in [-0.05, 0) is 42.3 Å². The van der Waals surface area contributed by atoms with Crippen LogP contribution in [0.2, 0.25) is 0 Å². The fourth-order valence-electron chi connectivity index (χ4n) is 2.24. The van der Waals surface area contributed by atoms with E-state index in [-0.39, 0.29) is 5.91 Å². The first-order valence-electron chi connectivity index (χ1n) is 8.45. The van der Waals surface area contributed by atoms with Crippen molar-refractivity contribution in [3.8, 4) is 0 Å². The van der Waals surface area contributed by atoms with E-state index < -0.39 is 10.0 Å². The van der Waals surface area contributed by atoms with E-state index in [1.165, 1.54) is 41.7 Å². The summed E-state index contributed by atoms with van der Waals surface area (Å²) in [4.78, 5) is 12.2. The van der Waals surface area contributed by atoms with Crippen LogP contribution in [-0.4, -0.2) is 24.5 Å². The minimum atomic E-state index is -3.66. The number of aryl methyl sites for hydroxylation is 1. The molecule has 1 aromatic heterocycles. The van der Waals surface area contributed by atoms with Crippen LogP contribution in [0.4, 0.5) is 10.8 Å². The van der Waals surface area contributed by atoms with Crippen molar-refractivity contribution in [2.75, 3.05) is 10.0 Å². The highest BCUT2D eigenvalue weighted by atomic mass is 32.2. The van der Waals surface area contributed by atoms with Crippen molar-refractivity contribution in [3.63, 3.8) is 0 Å². The minimum Gasteiger partial charge on any atom is -0.296 e. The van der Waals surface area contributed by atoms with E-state index in [0.717, 1.165) is 22.4 Å². The third kappa shape index (κ3) is 5.48. The quantitative estimate of drug-likeness (QED) is 0.613. The average molecular weight is 415 g/mol. The van der Waals surface area contributed by atoms with Crippen molar-refractivity contribution in [1.29, 1.82) is 0 Å². The smallest absolute Gasteiger partial charge is 0.257 e. The van der Waals surface area contributed by atoms with Gasteiger partial charge in [0, 0.05) is 11.3 Å². The molecule has 0 unspecified atom stereocenters. The predicted octanol–water partition coefficient (Wildman–Crippen LogP) is 3.77. The van der Waals surface area contributed by atoms with E-state index in [1.54, 1.807) is 12.1 Å². The number of sulfonamides is 1. The maximum atomic E-state index is 12.2. The van der Waals surface area contributed by atoms with Gasteiger partial charge in [-0.2, -0.15) is 0 Å². The number of carbonyl (C=O) groups is 1. The van der Waals surface area contributed by atoms with Crippen LogP contribution in [0.15, 0.2) is 60.0 Å². The van der Waals surface area contributed by atoms with Gasteiger partial charge >= 0.3 is 0 Å². The summed E-state index contributed by atoms with van der Waals surface area (Å²) in [5.41, 5.74) is 1.53. The lowest BCUT2D eigenvalue weighted by Crippen LogP contribution is -2.12. The second kappa shape index (κ2) is 8.77. The van der Waals surface area contributed by atoms with Crippen molar-refractivity contribution in [1.82, 2.24) is 10.2 Å². The standard InChI is InChI=1S/C19H18N4O3S2/c1-2-17-21-22-19(27-17)20-18(24)15-8-10-16(11-9-15)23-28(25,26)13-12-14-6-4-3-5-7-14/h3-13,23H,2H2,1H3,(H,20,22,24)/b13-12+. The van der Waals surface area contributed by atoms with Crippen LogP contribution in [0.5, 0.6) is 0 Å². The van der Waals surface area contributed by atoms with Gasteiger partial charge in [-0.15, -0.1) is 10.2 Å². The molecule has 2 N–H and O–H groups in total. The minimum absolute atomic E-state index is 0.336. The van der Waals surface area contributed by atoms with Crippen LogP contribution in [0.25, 0.3) is 6.08 Å². The zero-order chi connectivity index (χ0) is 20.0. The molecule has 0 aliphatic carbocycles. The van der Waals surface area contributed by atoms with Gasteiger partial charge in [0.1, 0.15) is 5.01 Å². The maximum Gasteiger partial charge on any atom is 0.257 e. The Balaban J connectivity index is 1.63. The van der Waals surface area contributed by atoms with Crippen LogP contribution in [-0.2, 0) is 16.4 Å². The Kier molecular flexibility index (Phi) is 6.17. The third-order valence-corrected chi connectivity index (χ3v) is 5.63. The molecular formula is C19H18N4O3S2. The molecule has 0 saturated heterocycles. The van der Waals surface area contributed by atoms with Crippen molar-refractivity contribution < 1.29 is 13.2 Å². The van der Waals surface area contributed by atoms with Gasteiger partial charge in [-0.1, -0.05) is 48.6 Å².